The molecule has 2 heterocycles. The highest BCUT2D eigenvalue weighted by atomic mass is 79.9. The maximum absolute atomic E-state index is 12.5. The number of anilines is 2. The Hall–Kier alpha value is -2.44. The zero-order valence-electron chi connectivity index (χ0n) is 15.9. The van der Waals surface area contributed by atoms with Crippen molar-refractivity contribution in [3.63, 3.8) is 0 Å². The van der Waals surface area contributed by atoms with Crippen LogP contribution in [0.25, 0.3) is 0 Å². The molecule has 1 unspecified atom stereocenters. The van der Waals surface area contributed by atoms with Crippen LogP contribution < -0.4 is 9.91 Å². The lowest BCUT2D eigenvalue weighted by molar-refractivity contribution is -0.111. The fourth-order valence-electron chi connectivity index (χ4n) is 3.31. The quantitative estimate of drug-likeness (QED) is 0.481. The minimum atomic E-state index is -0.206. The molecule has 0 fully saturated rings. The van der Waals surface area contributed by atoms with Crippen LogP contribution in [0.3, 0.4) is 0 Å². The first-order valence-corrected chi connectivity index (χ1v) is 10.7. The number of hydrogen-bond acceptors (Lipinski definition) is 5. The van der Waals surface area contributed by atoms with Gasteiger partial charge in [-0.15, -0.1) is 16.4 Å². The van der Waals surface area contributed by atoms with Crippen molar-refractivity contribution >= 4 is 50.3 Å². The molecule has 0 saturated heterocycles. The third kappa shape index (κ3) is 3.38. The molecule has 3 aromatic rings. The fourth-order valence-corrected chi connectivity index (χ4v) is 4.57. The number of ketones is 1. The number of halogens is 1. The first-order chi connectivity index (χ1) is 13.5. The summed E-state index contributed by atoms with van der Waals surface area (Å²) in [5.74, 6) is 0.387. The Morgan fingerprint density at radius 2 is 1.64 bits per heavy atom. The Kier molecular flexibility index (Phi) is 5.08. The van der Waals surface area contributed by atoms with E-state index in [1.807, 2.05) is 34.2 Å². The van der Waals surface area contributed by atoms with Crippen LogP contribution in [0.1, 0.15) is 29.1 Å². The van der Waals surface area contributed by atoms with Crippen molar-refractivity contribution in [2.45, 2.75) is 26.9 Å². The smallest absolute Gasteiger partial charge is 0.198 e. The van der Waals surface area contributed by atoms with Crippen LogP contribution >= 0.6 is 27.3 Å². The van der Waals surface area contributed by atoms with E-state index >= 15 is 0 Å². The summed E-state index contributed by atoms with van der Waals surface area (Å²) >= 11 is 5.18. The molecule has 1 atom stereocenters. The van der Waals surface area contributed by atoms with E-state index in [-0.39, 0.29) is 11.9 Å². The number of Topliss-reactive ketones (excluding diaryl/α,β-unsaturated/α-hetero) is 1. The molecule has 1 aliphatic heterocycles. The van der Waals surface area contributed by atoms with E-state index in [9.17, 15) is 4.79 Å². The second-order valence-electron chi connectivity index (χ2n) is 6.85. The number of aryl methyl sites for hydroxylation is 2. The lowest BCUT2D eigenvalue weighted by atomic mass is 10.1. The van der Waals surface area contributed by atoms with Crippen molar-refractivity contribution < 1.29 is 4.79 Å². The molecule has 0 radical (unpaired) electrons. The minimum Gasteiger partial charge on any atom is -0.294 e. The van der Waals surface area contributed by atoms with E-state index in [1.165, 1.54) is 16.0 Å². The van der Waals surface area contributed by atoms with E-state index in [0.29, 0.717) is 5.84 Å². The van der Waals surface area contributed by atoms with Crippen molar-refractivity contribution in [3.05, 3.63) is 80.5 Å². The molecule has 0 spiro atoms. The summed E-state index contributed by atoms with van der Waals surface area (Å²) < 4.78 is 0.996. The van der Waals surface area contributed by atoms with E-state index in [0.717, 1.165) is 15.8 Å². The van der Waals surface area contributed by atoms with Crippen LogP contribution in [0, 0.1) is 13.8 Å². The number of rotatable bonds is 4. The first kappa shape index (κ1) is 18.9. The summed E-state index contributed by atoms with van der Waals surface area (Å²) in [7, 11) is 0. The van der Waals surface area contributed by atoms with Gasteiger partial charge in [0, 0.05) is 17.1 Å². The normalized spacial score (nSPS) is 16.4. The van der Waals surface area contributed by atoms with Gasteiger partial charge in [-0.1, -0.05) is 33.6 Å². The van der Waals surface area contributed by atoms with Gasteiger partial charge in [-0.3, -0.25) is 9.69 Å². The Balaban J connectivity index is 1.90. The van der Waals surface area contributed by atoms with Crippen molar-refractivity contribution in [1.82, 2.24) is 0 Å². The van der Waals surface area contributed by atoms with Crippen LogP contribution in [0.4, 0.5) is 11.4 Å². The minimum absolute atomic E-state index is 0.0586. The summed E-state index contributed by atoms with van der Waals surface area (Å²) in [6.45, 7) is 5.74. The van der Waals surface area contributed by atoms with Crippen LogP contribution in [0.15, 0.2) is 69.6 Å². The Bertz CT molecular complexity index is 1040. The SMILES string of the molecule is CC(=O)C1=NN(c2ccc(C)cc2)C(c2sccc2C)N1c1ccc(Br)cc1. The summed E-state index contributed by atoms with van der Waals surface area (Å²) in [5, 5.41) is 8.81. The largest absolute Gasteiger partial charge is 0.294 e. The van der Waals surface area contributed by atoms with Crippen LogP contribution in [-0.2, 0) is 4.79 Å². The second kappa shape index (κ2) is 7.53. The molecule has 0 N–H and O–H groups in total. The molecule has 0 saturated carbocycles. The maximum Gasteiger partial charge on any atom is 0.198 e. The number of hydrazone groups is 1. The number of carbonyl (C=O) groups excluding carboxylic acids is 1. The Morgan fingerprint density at radius 1 is 1.00 bits per heavy atom. The molecule has 0 amide bonds. The first-order valence-electron chi connectivity index (χ1n) is 9.00. The molecule has 4 rings (SSSR count). The monoisotopic (exact) mass is 453 g/mol. The number of thiophene rings is 1. The number of amidine groups is 1. The molecular formula is C22H20BrN3OS. The summed E-state index contributed by atoms with van der Waals surface area (Å²) in [4.78, 5) is 15.7. The van der Waals surface area contributed by atoms with Gasteiger partial charge < -0.3 is 0 Å². The number of carbonyl (C=O) groups is 1. The van der Waals surface area contributed by atoms with Gasteiger partial charge in [0.05, 0.1) is 10.6 Å². The highest BCUT2D eigenvalue weighted by molar-refractivity contribution is 9.10. The van der Waals surface area contributed by atoms with Gasteiger partial charge in [-0.25, -0.2) is 5.01 Å². The van der Waals surface area contributed by atoms with Crippen LogP contribution in [-0.4, -0.2) is 11.6 Å². The fraction of sp³-hybridized carbons (Fsp3) is 0.182. The van der Waals surface area contributed by atoms with Crippen LogP contribution in [0.5, 0.6) is 0 Å². The standard InChI is InChI=1S/C22H20BrN3OS/c1-14-4-8-19(9-5-14)26-22(20-15(2)12-13-28-20)25(21(24-26)16(3)27)18-10-6-17(23)7-11-18/h4-13,22H,1-3H3. The zero-order chi connectivity index (χ0) is 19.8. The van der Waals surface area contributed by atoms with E-state index in [2.05, 4.69) is 65.5 Å². The highest BCUT2D eigenvalue weighted by Crippen LogP contribution is 2.42. The zero-order valence-corrected chi connectivity index (χ0v) is 18.3. The average Bonchev–Trinajstić information content (AvgIpc) is 3.26. The summed E-state index contributed by atoms with van der Waals surface area (Å²) in [5.41, 5.74) is 4.27. The average molecular weight is 454 g/mol. The number of nitrogens with zero attached hydrogens (tertiary/aromatic N) is 3. The summed E-state index contributed by atoms with van der Waals surface area (Å²) in [6.07, 6.45) is -0.206. The van der Waals surface area contributed by atoms with E-state index in [1.54, 1.807) is 18.3 Å². The Labute approximate surface area is 177 Å². The van der Waals surface area contributed by atoms with Gasteiger partial charge in [0.2, 0.25) is 0 Å². The lowest BCUT2D eigenvalue weighted by Crippen LogP contribution is -2.37. The Morgan fingerprint density at radius 3 is 2.21 bits per heavy atom. The topological polar surface area (TPSA) is 35.9 Å². The molecule has 0 aliphatic carbocycles. The van der Waals surface area contributed by atoms with Gasteiger partial charge in [0.15, 0.2) is 17.8 Å². The number of hydrogen-bond donors (Lipinski definition) is 0. The van der Waals surface area contributed by atoms with Gasteiger partial charge >= 0.3 is 0 Å². The van der Waals surface area contributed by atoms with Crippen molar-refractivity contribution in [1.29, 1.82) is 0 Å². The number of benzene rings is 2. The molecular weight excluding hydrogens is 434 g/mol. The predicted octanol–water partition coefficient (Wildman–Crippen LogP) is 6.06. The molecule has 1 aromatic heterocycles. The molecule has 2 aromatic carbocycles. The highest BCUT2D eigenvalue weighted by Gasteiger charge is 2.40. The molecule has 1 aliphatic rings. The molecule has 4 nitrogen and oxygen atoms in total. The van der Waals surface area contributed by atoms with Crippen molar-refractivity contribution in [2.75, 3.05) is 9.91 Å². The third-order valence-corrected chi connectivity index (χ3v) is 6.35. The molecule has 142 valence electrons. The van der Waals surface area contributed by atoms with Gasteiger partial charge in [-0.05, 0) is 67.3 Å². The third-order valence-electron chi connectivity index (χ3n) is 4.76. The van der Waals surface area contributed by atoms with E-state index < -0.39 is 0 Å². The maximum atomic E-state index is 12.5. The van der Waals surface area contributed by atoms with Gasteiger partial charge in [0.25, 0.3) is 0 Å². The predicted molar refractivity (Wildman–Crippen MR) is 120 cm³/mol. The molecule has 28 heavy (non-hydrogen) atoms. The lowest BCUT2D eigenvalue weighted by Gasteiger charge is -2.31. The molecule has 6 heteroatoms. The second-order valence-corrected chi connectivity index (χ2v) is 8.71. The summed E-state index contributed by atoms with van der Waals surface area (Å²) in [6, 6.07) is 18.3. The van der Waals surface area contributed by atoms with E-state index in [4.69, 9.17) is 5.10 Å². The van der Waals surface area contributed by atoms with Gasteiger partial charge in [0.1, 0.15) is 0 Å². The van der Waals surface area contributed by atoms with Gasteiger partial charge in [-0.2, -0.15) is 0 Å². The van der Waals surface area contributed by atoms with Crippen molar-refractivity contribution in [3.8, 4) is 0 Å². The molecule has 0 bridgehead atoms. The van der Waals surface area contributed by atoms with Crippen LogP contribution in [0.2, 0.25) is 0 Å². The van der Waals surface area contributed by atoms with Crippen molar-refractivity contribution in [2.24, 2.45) is 5.10 Å².